The first kappa shape index (κ1) is 55.1. The Morgan fingerprint density at radius 3 is 1.53 bits per heavy atom. The van der Waals surface area contributed by atoms with Gasteiger partial charge in [0.25, 0.3) is 8.53 Å². The normalized spacial score (nSPS) is 13.0. The second-order valence-electron chi connectivity index (χ2n) is 17.5. The van der Waals surface area contributed by atoms with E-state index in [1.165, 1.54) is 103 Å². The van der Waals surface area contributed by atoms with E-state index < -0.39 is 20.2 Å². The number of rotatable bonds is 38. The summed E-state index contributed by atoms with van der Waals surface area (Å²) >= 11 is 0. The lowest BCUT2D eigenvalue weighted by Crippen LogP contribution is -2.39. The van der Waals surface area contributed by atoms with E-state index in [0.29, 0.717) is 13.2 Å². The van der Waals surface area contributed by atoms with Gasteiger partial charge in [0.05, 0.1) is 46.5 Å². The van der Waals surface area contributed by atoms with Crippen LogP contribution in [0.25, 0.3) is 0 Å². The standard InChI is InChI=1S/C55H85N2O6P/c1-8-9-10-11-12-13-14-15-16-17-18-19-20-21-22-23-24-25-26-30-43-60-45-54(63-64(62-44-31-42-56)57(47(2)3)48(4)5)46-61-55(49-32-28-27-29-33-49,50-34-38-52(58-6)39-35-50)51-36-40-53(59-7)41-37-51/h15-16,27-29,32-41,47-48,54H,8-14,17-26,30-31,43-46H2,1-7H3/b16-15-. The maximum absolute atomic E-state index is 9.39. The zero-order valence-corrected chi connectivity index (χ0v) is 41.8. The summed E-state index contributed by atoms with van der Waals surface area (Å²) in [6.07, 6.45) is 28.1. The molecule has 0 heterocycles. The predicted octanol–water partition coefficient (Wildman–Crippen LogP) is 15.3. The summed E-state index contributed by atoms with van der Waals surface area (Å²) in [4.78, 5) is 0. The molecule has 0 aromatic heterocycles. The van der Waals surface area contributed by atoms with Gasteiger partial charge in [-0.3, -0.25) is 0 Å². The molecule has 0 saturated carbocycles. The number of nitrogens with zero attached hydrogens (tertiary/aromatic N) is 2. The first-order valence-corrected chi connectivity index (χ1v) is 25.9. The Hall–Kier alpha value is -3.28. The molecule has 0 spiro atoms. The van der Waals surface area contributed by atoms with Crippen LogP contribution < -0.4 is 9.47 Å². The molecule has 0 saturated heterocycles. The minimum atomic E-state index is -1.54. The fourth-order valence-electron chi connectivity index (χ4n) is 8.20. The van der Waals surface area contributed by atoms with Crippen LogP contribution >= 0.6 is 8.53 Å². The van der Waals surface area contributed by atoms with Crippen LogP contribution in [0.1, 0.15) is 173 Å². The van der Waals surface area contributed by atoms with Crippen LogP contribution in [0.5, 0.6) is 11.5 Å². The number of hydrogen-bond acceptors (Lipinski definition) is 8. The van der Waals surface area contributed by atoms with Gasteiger partial charge in [-0.25, -0.2) is 4.67 Å². The van der Waals surface area contributed by atoms with Gasteiger partial charge in [-0.15, -0.1) is 0 Å². The van der Waals surface area contributed by atoms with Crippen molar-refractivity contribution in [2.45, 2.75) is 180 Å². The topological polar surface area (TPSA) is 82.4 Å². The third kappa shape index (κ3) is 20.5. The predicted molar refractivity (Wildman–Crippen MR) is 267 cm³/mol. The number of benzene rings is 3. The van der Waals surface area contributed by atoms with Crippen molar-refractivity contribution in [1.82, 2.24) is 4.67 Å². The van der Waals surface area contributed by atoms with Gasteiger partial charge >= 0.3 is 0 Å². The van der Waals surface area contributed by atoms with Crippen LogP contribution in [0.3, 0.4) is 0 Å². The Morgan fingerprint density at radius 2 is 1.06 bits per heavy atom. The average Bonchev–Trinajstić information content (AvgIpc) is 3.31. The number of allylic oxidation sites excluding steroid dienone is 2. The van der Waals surface area contributed by atoms with Gasteiger partial charge in [0.15, 0.2) is 0 Å². The van der Waals surface area contributed by atoms with E-state index in [1.807, 2.05) is 42.5 Å². The monoisotopic (exact) mass is 901 g/mol. The van der Waals surface area contributed by atoms with E-state index in [4.69, 9.17) is 28.0 Å². The van der Waals surface area contributed by atoms with Crippen molar-refractivity contribution in [3.8, 4) is 17.6 Å². The minimum absolute atomic E-state index is 0.157. The lowest BCUT2D eigenvalue weighted by molar-refractivity contribution is -0.0591. The molecule has 0 radical (unpaired) electrons. The van der Waals surface area contributed by atoms with Gasteiger partial charge in [0.2, 0.25) is 0 Å². The molecule has 64 heavy (non-hydrogen) atoms. The van der Waals surface area contributed by atoms with E-state index in [0.717, 1.165) is 41.0 Å². The fourth-order valence-corrected chi connectivity index (χ4v) is 9.88. The Morgan fingerprint density at radius 1 is 0.594 bits per heavy atom. The molecule has 0 aliphatic carbocycles. The van der Waals surface area contributed by atoms with Crippen LogP contribution in [-0.2, 0) is 24.1 Å². The Bertz CT molecular complexity index is 1590. The van der Waals surface area contributed by atoms with Crippen molar-refractivity contribution in [2.75, 3.05) is 40.6 Å². The van der Waals surface area contributed by atoms with Gasteiger partial charge in [-0.05, 0) is 101 Å². The highest BCUT2D eigenvalue weighted by Crippen LogP contribution is 2.48. The summed E-state index contributed by atoms with van der Waals surface area (Å²) in [6.45, 7) is 12.4. The Balaban J connectivity index is 1.63. The van der Waals surface area contributed by atoms with Crippen molar-refractivity contribution in [3.63, 3.8) is 0 Å². The van der Waals surface area contributed by atoms with Crippen LogP contribution in [0.4, 0.5) is 0 Å². The highest BCUT2D eigenvalue weighted by Gasteiger charge is 2.39. The molecule has 8 nitrogen and oxygen atoms in total. The Labute approximate surface area is 391 Å². The molecular weight excluding hydrogens is 816 g/mol. The molecule has 0 amide bonds. The summed E-state index contributed by atoms with van der Waals surface area (Å²) in [5.74, 6) is 1.53. The first-order chi connectivity index (χ1) is 31.3. The fraction of sp³-hybridized carbons (Fsp3) is 0.618. The first-order valence-electron chi connectivity index (χ1n) is 24.8. The van der Waals surface area contributed by atoms with E-state index in [2.05, 4.69) is 93.9 Å². The average molecular weight is 901 g/mol. The number of nitriles is 1. The molecule has 3 rings (SSSR count). The van der Waals surface area contributed by atoms with Crippen LogP contribution in [0.15, 0.2) is 91.0 Å². The summed E-state index contributed by atoms with van der Waals surface area (Å²) in [7, 11) is 1.81. The molecule has 3 aromatic carbocycles. The molecule has 0 N–H and O–H groups in total. The van der Waals surface area contributed by atoms with E-state index in [1.54, 1.807) is 14.2 Å². The van der Waals surface area contributed by atoms with Crippen LogP contribution in [0.2, 0.25) is 0 Å². The van der Waals surface area contributed by atoms with E-state index >= 15 is 0 Å². The van der Waals surface area contributed by atoms with E-state index in [9.17, 15) is 5.26 Å². The van der Waals surface area contributed by atoms with Crippen molar-refractivity contribution >= 4 is 8.53 Å². The van der Waals surface area contributed by atoms with Crippen molar-refractivity contribution in [2.24, 2.45) is 0 Å². The smallest absolute Gasteiger partial charge is 0.259 e. The Kier molecular flexibility index (Phi) is 29.3. The van der Waals surface area contributed by atoms with Crippen LogP contribution in [-0.4, -0.2) is 63.5 Å². The summed E-state index contributed by atoms with van der Waals surface area (Å²) in [6, 6.07) is 29.0. The highest BCUT2D eigenvalue weighted by atomic mass is 31.2. The quantitative estimate of drug-likeness (QED) is 0.0243. The SMILES string of the molecule is CCCCCCCC/C=C\CCCCCCCCCCCCOCC(COC(c1ccccc1)(c1ccc(OC)cc1)c1ccc(OC)cc1)OP(OCCC#N)N(C(C)C)C(C)C. The molecule has 0 aliphatic heterocycles. The number of ether oxygens (including phenoxy) is 4. The molecule has 9 heteroatoms. The zero-order chi connectivity index (χ0) is 46.1. The third-order valence-electron chi connectivity index (χ3n) is 11.7. The number of methoxy groups -OCH3 is 2. The summed E-state index contributed by atoms with van der Waals surface area (Å²) in [5, 5.41) is 9.39. The van der Waals surface area contributed by atoms with Crippen molar-refractivity contribution in [3.05, 3.63) is 108 Å². The molecule has 0 fully saturated rings. The van der Waals surface area contributed by atoms with Crippen molar-refractivity contribution < 1.29 is 28.0 Å². The molecular formula is C55H85N2O6P. The van der Waals surface area contributed by atoms with Crippen molar-refractivity contribution in [1.29, 1.82) is 5.26 Å². The molecule has 2 unspecified atom stereocenters. The lowest BCUT2D eigenvalue weighted by Gasteiger charge is -2.39. The highest BCUT2D eigenvalue weighted by molar-refractivity contribution is 7.44. The van der Waals surface area contributed by atoms with Gasteiger partial charge in [0, 0.05) is 18.7 Å². The maximum Gasteiger partial charge on any atom is 0.259 e. The van der Waals surface area contributed by atoms with Gasteiger partial charge in [-0.2, -0.15) is 5.26 Å². The minimum Gasteiger partial charge on any atom is -0.497 e. The third-order valence-corrected chi connectivity index (χ3v) is 13.8. The van der Waals surface area contributed by atoms with Crippen LogP contribution in [0, 0.1) is 11.3 Å². The number of hydrogen-bond donors (Lipinski definition) is 0. The molecule has 0 bridgehead atoms. The summed E-state index contributed by atoms with van der Waals surface area (Å²) in [5.41, 5.74) is 1.87. The van der Waals surface area contributed by atoms with Gasteiger partial charge in [-0.1, -0.05) is 157 Å². The molecule has 2 atom stereocenters. The molecule has 3 aromatic rings. The number of unbranched alkanes of at least 4 members (excludes halogenated alkanes) is 16. The molecule has 356 valence electrons. The van der Waals surface area contributed by atoms with Gasteiger partial charge < -0.3 is 28.0 Å². The maximum atomic E-state index is 9.39. The second kappa shape index (κ2) is 34.1. The van der Waals surface area contributed by atoms with E-state index in [-0.39, 0.29) is 31.7 Å². The molecule has 0 aliphatic rings. The summed E-state index contributed by atoms with van der Waals surface area (Å²) < 4.78 is 40.5. The lowest BCUT2D eigenvalue weighted by atomic mass is 9.80. The second-order valence-corrected chi connectivity index (χ2v) is 18.9. The zero-order valence-electron chi connectivity index (χ0n) is 40.9. The van der Waals surface area contributed by atoms with Gasteiger partial charge in [0.1, 0.15) is 23.2 Å². The largest absolute Gasteiger partial charge is 0.497 e.